The molecular weight excluding hydrogens is 408 g/mol. The zero-order valence-corrected chi connectivity index (χ0v) is 20.8. The number of ether oxygens (including phenoxy) is 3. The third-order valence-corrected chi connectivity index (χ3v) is 7.64. The molecule has 0 unspecified atom stereocenters. The molecule has 3 fully saturated rings. The van der Waals surface area contributed by atoms with Crippen LogP contribution in [0.2, 0.25) is 0 Å². The van der Waals surface area contributed by atoms with E-state index in [9.17, 15) is 9.59 Å². The van der Waals surface area contributed by atoms with Gasteiger partial charge in [0.1, 0.15) is 5.60 Å². The molecule has 0 aromatic carbocycles. The van der Waals surface area contributed by atoms with E-state index in [4.69, 9.17) is 14.2 Å². The smallest absolute Gasteiger partial charge is 0.410 e. The maximum absolute atomic E-state index is 13.0. The predicted molar refractivity (Wildman–Crippen MR) is 123 cm³/mol. The lowest BCUT2D eigenvalue weighted by Gasteiger charge is -2.35. The highest BCUT2D eigenvalue weighted by Crippen LogP contribution is 2.35. The SMILES string of the molecule is COC(=O)C1CCC(CC[C@H]2C[C@H](N3CCC(OC)CC3)CN2C(=O)OC(C)(C)C)CC1. The fourth-order valence-corrected chi connectivity index (χ4v) is 5.73. The van der Waals surface area contributed by atoms with Gasteiger partial charge in [-0.05, 0) is 84.5 Å². The van der Waals surface area contributed by atoms with Crippen LogP contribution in [0, 0.1) is 11.8 Å². The van der Waals surface area contributed by atoms with Crippen LogP contribution in [0.3, 0.4) is 0 Å². The number of carbonyl (C=O) groups is 2. The van der Waals surface area contributed by atoms with Crippen molar-refractivity contribution in [3.8, 4) is 0 Å². The van der Waals surface area contributed by atoms with Crippen LogP contribution in [0.4, 0.5) is 4.79 Å². The lowest BCUT2D eigenvalue weighted by Crippen LogP contribution is -2.45. The third kappa shape index (κ3) is 6.83. The van der Waals surface area contributed by atoms with Crippen LogP contribution in [0.25, 0.3) is 0 Å². The zero-order chi connectivity index (χ0) is 23.3. The van der Waals surface area contributed by atoms with E-state index in [1.54, 1.807) is 7.11 Å². The second-order valence-electron chi connectivity index (χ2n) is 11.0. The molecule has 1 amide bonds. The monoisotopic (exact) mass is 452 g/mol. The molecule has 1 saturated carbocycles. The highest BCUT2D eigenvalue weighted by atomic mass is 16.6. The summed E-state index contributed by atoms with van der Waals surface area (Å²) in [6.07, 6.45) is 9.46. The van der Waals surface area contributed by atoms with Gasteiger partial charge in [-0.3, -0.25) is 9.69 Å². The Balaban J connectivity index is 1.56. The minimum Gasteiger partial charge on any atom is -0.469 e. The second-order valence-corrected chi connectivity index (χ2v) is 11.0. The Kier molecular flexibility index (Phi) is 8.84. The zero-order valence-electron chi connectivity index (χ0n) is 20.8. The van der Waals surface area contributed by atoms with Gasteiger partial charge in [0.15, 0.2) is 0 Å². The summed E-state index contributed by atoms with van der Waals surface area (Å²) in [4.78, 5) is 29.4. The van der Waals surface area contributed by atoms with Gasteiger partial charge in [-0.1, -0.05) is 0 Å². The molecule has 7 nitrogen and oxygen atoms in total. The molecule has 0 spiro atoms. The molecule has 3 aliphatic rings. The van der Waals surface area contributed by atoms with Crippen LogP contribution in [-0.4, -0.2) is 79.5 Å². The number of methoxy groups -OCH3 is 2. The van der Waals surface area contributed by atoms with Crippen molar-refractivity contribution < 1.29 is 23.8 Å². The van der Waals surface area contributed by atoms with Crippen molar-refractivity contribution in [2.24, 2.45) is 11.8 Å². The van der Waals surface area contributed by atoms with E-state index in [0.29, 0.717) is 18.1 Å². The number of hydrogen-bond acceptors (Lipinski definition) is 6. The van der Waals surface area contributed by atoms with E-state index in [0.717, 1.165) is 77.4 Å². The number of hydrogen-bond donors (Lipinski definition) is 0. The molecule has 2 heterocycles. The standard InChI is InChI=1S/C25H44N2O5/c1-25(2,3)32-24(29)27-17-21(26-14-12-22(30-4)13-15-26)16-20(27)11-8-18-6-9-19(10-7-18)23(28)31-5/h18-22H,6-17H2,1-5H3/t18?,19?,20-,21-/m0/s1. The molecule has 0 aromatic heterocycles. The van der Waals surface area contributed by atoms with E-state index < -0.39 is 5.60 Å². The fourth-order valence-electron chi connectivity index (χ4n) is 5.73. The van der Waals surface area contributed by atoms with Crippen LogP contribution in [-0.2, 0) is 19.0 Å². The summed E-state index contributed by atoms with van der Waals surface area (Å²) >= 11 is 0. The Morgan fingerprint density at radius 3 is 2.16 bits per heavy atom. The van der Waals surface area contributed by atoms with Crippen LogP contribution in [0.5, 0.6) is 0 Å². The summed E-state index contributed by atoms with van der Waals surface area (Å²) in [7, 11) is 3.28. The number of esters is 1. The Bertz CT molecular complexity index is 618. The third-order valence-electron chi connectivity index (χ3n) is 7.64. The Morgan fingerprint density at radius 1 is 0.938 bits per heavy atom. The van der Waals surface area contributed by atoms with Crippen LogP contribution < -0.4 is 0 Å². The molecule has 0 aromatic rings. The van der Waals surface area contributed by atoms with Gasteiger partial charge in [-0.25, -0.2) is 4.79 Å². The van der Waals surface area contributed by atoms with Gasteiger partial charge < -0.3 is 19.1 Å². The molecule has 184 valence electrons. The average Bonchev–Trinajstić information content (AvgIpc) is 3.21. The molecule has 0 N–H and O–H groups in total. The van der Waals surface area contributed by atoms with Gasteiger partial charge in [0.05, 0.1) is 19.1 Å². The summed E-state index contributed by atoms with van der Waals surface area (Å²) < 4.78 is 16.2. The summed E-state index contributed by atoms with van der Waals surface area (Å²) in [5.74, 6) is 0.642. The first-order chi connectivity index (χ1) is 15.2. The molecule has 2 saturated heterocycles. The van der Waals surface area contributed by atoms with Crippen molar-refractivity contribution in [3.05, 3.63) is 0 Å². The van der Waals surface area contributed by atoms with Gasteiger partial charge in [0, 0.05) is 38.8 Å². The maximum Gasteiger partial charge on any atom is 0.410 e. The summed E-state index contributed by atoms with van der Waals surface area (Å²) in [5, 5.41) is 0. The topological polar surface area (TPSA) is 68.3 Å². The number of carbonyl (C=O) groups excluding carboxylic acids is 2. The first kappa shape index (κ1) is 25.3. The fraction of sp³-hybridized carbons (Fsp3) is 0.920. The highest BCUT2D eigenvalue weighted by Gasteiger charge is 2.41. The Labute approximate surface area is 194 Å². The van der Waals surface area contributed by atoms with Crippen molar-refractivity contribution in [2.45, 2.75) is 102 Å². The molecule has 0 bridgehead atoms. The van der Waals surface area contributed by atoms with E-state index in [-0.39, 0.29) is 24.0 Å². The quantitative estimate of drug-likeness (QED) is 0.562. The molecule has 0 radical (unpaired) electrons. The number of amides is 1. The molecule has 2 aliphatic heterocycles. The minimum absolute atomic E-state index is 0.0598. The molecule has 32 heavy (non-hydrogen) atoms. The predicted octanol–water partition coefficient (Wildman–Crippen LogP) is 4.23. The average molecular weight is 453 g/mol. The van der Waals surface area contributed by atoms with Crippen LogP contribution in [0.15, 0.2) is 0 Å². The van der Waals surface area contributed by atoms with Crippen LogP contribution in [0.1, 0.15) is 78.6 Å². The number of nitrogens with zero attached hydrogens (tertiary/aromatic N) is 2. The van der Waals surface area contributed by atoms with E-state index in [2.05, 4.69) is 4.90 Å². The Hall–Kier alpha value is -1.34. The number of rotatable bonds is 6. The summed E-state index contributed by atoms with van der Waals surface area (Å²) in [5.41, 5.74) is -0.483. The van der Waals surface area contributed by atoms with Gasteiger partial charge in [0.2, 0.25) is 0 Å². The molecule has 3 rings (SSSR count). The van der Waals surface area contributed by atoms with Crippen molar-refractivity contribution in [2.75, 3.05) is 33.9 Å². The van der Waals surface area contributed by atoms with E-state index >= 15 is 0 Å². The molecule has 1 aliphatic carbocycles. The van der Waals surface area contributed by atoms with Crippen molar-refractivity contribution >= 4 is 12.1 Å². The first-order valence-electron chi connectivity index (χ1n) is 12.5. The lowest BCUT2D eigenvalue weighted by molar-refractivity contribution is -0.146. The maximum atomic E-state index is 13.0. The minimum atomic E-state index is -0.483. The highest BCUT2D eigenvalue weighted by molar-refractivity contribution is 5.72. The number of piperidine rings is 1. The van der Waals surface area contributed by atoms with Gasteiger partial charge >= 0.3 is 12.1 Å². The van der Waals surface area contributed by atoms with Gasteiger partial charge in [0.25, 0.3) is 0 Å². The lowest BCUT2D eigenvalue weighted by atomic mass is 9.79. The van der Waals surface area contributed by atoms with Crippen molar-refractivity contribution in [1.82, 2.24) is 9.80 Å². The molecular formula is C25H44N2O5. The van der Waals surface area contributed by atoms with Gasteiger partial charge in [-0.2, -0.15) is 0 Å². The number of likely N-dealkylation sites (tertiary alicyclic amines) is 2. The van der Waals surface area contributed by atoms with E-state index in [1.807, 2.05) is 25.7 Å². The molecule has 2 atom stereocenters. The summed E-state index contributed by atoms with van der Waals surface area (Å²) in [6.45, 7) is 8.63. The van der Waals surface area contributed by atoms with E-state index in [1.165, 1.54) is 7.11 Å². The summed E-state index contributed by atoms with van der Waals surface area (Å²) in [6, 6.07) is 0.633. The van der Waals surface area contributed by atoms with Crippen molar-refractivity contribution in [1.29, 1.82) is 0 Å². The van der Waals surface area contributed by atoms with Gasteiger partial charge in [-0.15, -0.1) is 0 Å². The van der Waals surface area contributed by atoms with Crippen LogP contribution >= 0.6 is 0 Å². The normalized spacial score (nSPS) is 30.3. The molecule has 7 heteroatoms. The largest absolute Gasteiger partial charge is 0.469 e. The first-order valence-corrected chi connectivity index (χ1v) is 12.5. The second kappa shape index (κ2) is 11.2. The van der Waals surface area contributed by atoms with Crippen molar-refractivity contribution in [3.63, 3.8) is 0 Å². The Morgan fingerprint density at radius 2 is 1.59 bits per heavy atom.